The van der Waals surface area contributed by atoms with Crippen LogP contribution in [0.3, 0.4) is 0 Å². The van der Waals surface area contributed by atoms with Gasteiger partial charge in [0.15, 0.2) is 0 Å². The fourth-order valence-corrected chi connectivity index (χ4v) is 7.21. The third kappa shape index (κ3) is 5.46. The monoisotopic (exact) mass is 550 g/mol. The molecular formula is C32H40NO7+. The van der Waals surface area contributed by atoms with Crippen LogP contribution in [0.1, 0.15) is 76.3 Å². The summed E-state index contributed by atoms with van der Waals surface area (Å²) in [6, 6.07) is 18.8. The molecule has 2 aromatic rings. The van der Waals surface area contributed by atoms with Crippen LogP contribution in [0.5, 0.6) is 0 Å². The SMILES string of the molecule is CCCC(=O)OC(C)OC(=O)OC(C(=O)OC1CC2CCC(C1)[N+]21CCCC1)(c1ccccc1)c1ccccc1. The minimum atomic E-state index is -1.90. The number of quaternary nitrogens is 1. The maximum atomic E-state index is 14.3. The van der Waals surface area contributed by atoms with E-state index in [9.17, 15) is 14.4 Å². The molecule has 1 spiro atoms. The van der Waals surface area contributed by atoms with Crippen LogP contribution >= 0.6 is 0 Å². The van der Waals surface area contributed by atoms with Crippen LogP contribution in [-0.4, -0.2) is 60.1 Å². The number of carbonyl (C=O) groups excluding carboxylic acids is 3. The maximum absolute atomic E-state index is 14.3. The van der Waals surface area contributed by atoms with Crippen molar-refractivity contribution < 1.29 is 37.8 Å². The average molecular weight is 551 g/mol. The summed E-state index contributed by atoms with van der Waals surface area (Å²) < 4.78 is 23.9. The highest BCUT2D eigenvalue weighted by Gasteiger charge is 2.57. The number of ether oxygens (including phenoxy) is 4. The smallest absolute Gasteiger partial charge is 0.458 e. The summed E-state index contributed by atoms with van der Waals surface area (Å²) >= 11 is 0. The van der Waals surface area contributed by atoms with Gasteiger partial charge in [-0.2, -0.15) is 0 Å². The lowest BCUT2D eigenvalue weighted by atomic mass is 9.85. The molecule has 0 aliphatic carbocycles. The number of esters is 2. The van der Waals surface area contributed by atoms with E-state index in [0.717, 1.165) is 12.8 Å². The molecule has 5 rings (SSSR count). The van der Waals surface area contributed by atoms with Crippen LogP contribution in [0.4, 0.5) is 4.79 Å². The van der Waals surface area contributed by atoms with Gasteiger partial charge in [-0.05, 0) is 6.42 Å². The van der Waals surface area contributed by atoms with Crippen molar-refractivity contribution in [3.63, 3.8) is 0 Å². The molecule has 214 valence electrons. The second kappa shape index (κ2) is 12.0. The van der Waals surface area contributed by atoms with E-state index in [1.807, 2.05) is 19.1 Å². The minimum Gasteiger partial charge on any atom is -0.458 e. The molecule has 40 heavy (non-hydrogen) atoms. The molecule has 3 fully saturated rings. The number of piperidine rings is 1. The maximum Gasteiger partial charge on any atom is 0.513 e. The lowest BCUT2D eigenvalue weighted by Crippen LogP contribution is -2.60. The van der Waals surface area contributed by atoms with E-state index in [0.29, 0.717) is 29.6 Å². The first-order valence-corrected chi connectivity index (χ1v) is 14.6. The third-order valence-electron chi connectivity index (χ3n) is 8.93. The number of rotatable bonds is 9. The van der Waals surface area contributed by atoms with Gasteiger partial charge in [-0.1, -0.05) is 67.6 Å². The summed E-state index contributed by atoms with van der Waals surface area (Å²) in [7, 11) is 0. The van der Waals surface area contributed by atoms with Crippen LogP contribution < -0.4 is 0 Å². The molecule has 3 heterocycles. The van der Waals surface area contributed by atoms with Crippen LogP contribution in [0.15, 0.2) is 60.7 Å². The van der Waals surface area contributed by atoms with Gasteiger partial charge in [-0.3, -0.25) is 4.79 Å². The number of carbonyl (C=O) groups is 3. The zero-order chi connectivity index (χ0) is 28.2. The fourth-order valence-electron chi connectivity index (χ4n) is 7.21. The normalized spacial score (nSPS) is 23.8. The van der Waals surface area contributed by atoms with Gasteiger partial charge in [-0.15, -0.1) is 0 Å². The molecule has 3 aliphatic heterocycles. The molecule has 3 saturated heterocycles. The van der Waals surface area contributed by atoms with Crippen LogP contribution in [0, 0.1) is 0 Å². The molecule has 2 bridgehead atoms. The van der Waals surface area contributed by atoms with Gasteiger partial charge in [0, 0.05) is 63.0 Å². The van der Waals surface area contributed by atoms with Crippen molar-refractivity contribution in [1.29, 1.82) is 0 Å². The number of hydrogen-bond donors (Lipinski definition) is 0. The standard InChI is InChI=1S/C32H40NO7/c1-3-12-29(34)37-23(2)38-31(36)40-32(24-13-6-4-7-14-24,25-15-8-5-9-16-25)30(35)39-28-21-26-17-18-27(22-28)33(26)19-10-11-20-33/h4-9,13-16,23,26-28H,3,10-12,17-22H2,1-2H3/q+1. The largest absolute Gasteiger partial charge is 0.513 e. The highest BCUT2D eigenvalue weighted by molar-refractivity contribution is 5.88. The van der Waals surface area contributed by atoms with Crippen molar-refractivity contribution in [1.82, 2.24) is 0 Å². The molecule has 3 aliphatic rings. The lowest BCUT2D eigenvalue weighted by molar-refractivity contribution is -0.956. The Kier molecular flexibility index (Phi) is 8.45. The number of benzene rings is 2. The molecule has 8 nitrogen and oxygen atoms in total. The number of hydrogen-bond acceptors (Lipinski definition) is 7. The van der Waals surface area contributed by atoms with Crippen molar-refractivity contribution >= 4 is 18.1 Å². The fraction of sp³-hybridized carbons (Fsp3) is 0.531. The highest BCUT2D eigenvalue weighted by atomic mass is 16.8. The molecule has 3 atom stereocenters. The second-order valence-corrected chi connectivity index (χ2v) is 11.3. The molecule has 3 unspecified atom stereocenters. The van der Waals surface area contributed by atoms with Crippen LogP contribution in [-0.2, 0) is 34.1 Å². The Labute approximate surface area is 236 Å². The zero-order valence-electron chi connectivity index (χ0n) is 23.5. The van der Waals surface area contributed by atoms with Gasteiger partial charge >= 0.3 is 18.1 Å². The quantitative estimate of drug-likeness (QED) is 0.173. The lowest BCUT2D eigenvalue weighted by Gasteiger charge is -2.47. The topological polar surface area (TPSA) is 88.1 Å². The summed E-state index contributed by atoms with van der Waals surface area (Å²) in [5.74, 6) is -1.14. The van der Waals surface area contributed by atoms with E-state index in [1.165, 1.54) is 50.2 Å². The first kappa shape index (κ1) is 28.1. The Bertz CT molecular complexity index is 1120. The van der Waals surface area contributed by atoms with E-state index < -0.39 is 30.0 Å². The van der Waals surface area contributed by atoms with Gasteiger partial charge in [0.2, 0.25) is 6.29 Å². The van der Waals surface area contributed by atoms with E-state index in [1.54, 1.807) is 48.5 Å². The molecule has 0 N–H and O–H groups in total. The Morgan fingerprint density at radius 2 is 1.43 bits per heavy atom. The molecule has 2 aromatic carbocycles. The van der Waals surface area contributed by atoms with Crippen molar-refractivity contribution in [2.45, 2.75) is 95.3 Å². The highest BCUT2D eigenvalue weighted by Crippen LogP contribution is 2.47. The van der Waals surface area contributed by atoms with E-state index in [2.05, 4.69) is 0 Å². The Balaban J connectivity index is 1.42. The van der Waals surface area contributed by atoms with Crippen molar-refractivity contribution in [3.8, 4) is 0 Å². The van der Waals surface area contributed by atoms with Crippen molar-refractivity contribution in [3.05, 3.63) is 71.8 Å². The van der Waals surface area contributed by atoms with Gasteiger partial charge in [0.1, 0.15) is 6.10 Å². The molecule has 0 aromatic heterocycles. The first-order valence-electron chi connectivity index (χ1n) is 14.6. The molecule has 0 radical (unpaired) electrons. The molecule has 0 saturated carbocycles. The summed E-state index contributed by atoms with van der Waals surface area (Å²) in [4.78, 5) is 39.4. The van der Waals surface area contributed by atoms with Crippen molar-refractivity contribution in [2.24, 2.45) is 0 Å². The van der Waals surface area contributed by atoms with Gasteiger partial charge in [-0.25, -0.2) is 9.59 Å². The minimum absolute atomic E-state index is 0.205. The Morgan fingerprint density at radius 3 is 1.95 bits per heavy atom. The van der Waals surface area contributed by atoms with Gasteiger partial charge in [0.05, 0.1) is 25.2 Å². The molecular weight excluding hydrogens is 510 g/mol. The summed E-state index contributed by atoms with van der Waals surface area (Å²) in [6.45, 7) is 5.74. The first-order chi connectivity index (χ1) is 19.4. The van der Waals surface area contributed by atoms with E-state index in [4.69, 9.17) is 18.9 Å². The average Bonchev–Trinajstić information content (AvgIpc) is 3.49. The summed E-state index contributed by atoms with van der Waals surface area (Å²) in [6.07, 6.45) is 4.75. The van der Waals surface area contributed by atoms with Crippen molar-refractivity contribution in [2.75, 3.05) is 13.1 Å². The Hall–Kier alpha value is -3.39. The van der Waals surface area contributed by atoms with Crippen LogP contribution in [0.2, 0.25) is 0 Å². The summed E-state index contributed by atoms with van der Waals surface area (Å²) in [5.41, 5.74) is -1.01. The second-order valence-electron chi connectivity index (χ2n) is 11.3. The Morgan fingerprint density at radius 1 is 0.875 bits per heavy atom. The zero-order valence-corrected chi connectivity index (χ0v) is 23.5. The predicted octanol–water partition coefficient (Wildman–Crippen LogP) is 5.62. The van der Waals surface area contributed by atoms with Gasteiger partial charge < -0.3 is 23.4 Å². The van der Waals surface area contributed by atoms with Gasteiger partial charge in [0.25, 0.3) is 5.60 Å². The third-order valence-corrected chi connectivity index (χ3v) is 8.93. The number of nitrogens with zero attached hydrogens (tertiary/aromatic N) is 1. The molecule has 8 heteroatoms. The molecule has 0 amide bonds. The van der Waals surface area contributed by atoms with E-state index >= 15 is 0 Å². The predicted molar refractivity (Wildman–Crippen MR) is 147 cm³/mol. The summed E-state index contributed by atoms with van der Waals surface area (Å²) in [5, 5.41) is 0. The van der Waals surface area contributed by atoms with Crippen LogP contribution in [0.25, 0.3) is 0 Å². The van der Waals surface area contributed by atoms with E-state index in [-0.39, 0.29) is 12.5 Å².